The lowest BCUT2D eigenvalue weighted by Gasteiger charge is -2.06. The molecule has 1 amide bonds. The number of hydrogen-bond donors (Lipinski definition) is 2. The van der Waals surface area contributed by atoms with Crippen molar-refractivity contribution >= 4 is 15.7 Å². The van der Waals surface area contributed by atoms with Crippen molar-refractivity contribution in [3.63, 3.8) is 0 Å². The number of rotatable bonds is 8. The summed E-state index contributed by atoms with van der Waals surface area (Å²) in [6.07, 6.45) is 2.78. The van der Waals surface area contributed by atoms with Gasteiger partial charge in [-0.15, -0.1) is 0 Å². The Morgan fingerprint density at radius 2 is 2.00 bits per heavy atom. The molecule has 0 spiro atoms. The van der Waals surface area contributed by atoms with Crippen LogP contribution in [0.3, 0.4) is 0 Å². The van der Waals surface area contributed by atoms with Crippen molar-refractivity contribution in [3.05, 3.63) is 0 Å². The van der Waals surface area contributed by atoms with Crippen molar-refractivity contribution < 1.29 is 13.2 Å². The normalized spacial score (nSPS) is 16.1. The first-order valence-corrected chi connectivity index (χ1v) is 7.56. The SMILES string of the molecule is CCCS(=O)(=O)CCNCC(=O)NC1CC1. The second-order valence-electron chi connectivity index (χ2n) is 4.17. The van der Waals surface area contributed by atoms with Gasteiger partial charge < -0.3 is 10.6 Å². The number of amides is 1. The Kier molecular flexibility index (Phi) is 5.21. The molecular weight excluding hydrogens is 228 g/mol. The Morgan fingerprint density at radius 1 is 1.31 bits per heavy atom. The molecule has 1 rings (SSSR count). The highest BCUT2D eigenvalue weighted by atomic mass is 32.2. The third kappa shape index (κ3) is 6.07. The summed E-state index contributed by atoms with van der Waals surface area (Å²) >= 11 is 0. The van der Waals surface area contributed by atoms with Gasteiger partial charge in [-0.2, -0.15) is 0 Å². The second-order valence-corrected chi connectivity index (χ2v) is 6.47. The molecule has 1 saturated carbocycles. The minimum atomic E-state index is -2.93. The summed E-state index contributed by atoms with van der Waals surface area (Å²) in [5, 5.41) is 5.67. The maximum Gasteiger partial charge on any atom is 0.234 e. The number of sulfone groups is 1. The van der Waals surface area contributed by atoms with Crippen molar-refractivity contribution in [2.75, 3.05) is 24.6 Å². The van der Waals surface area contributed by atoms with Crippen LogP contribution in [-0.2, 0) is 14.6 Å². The molecule has 1 aliphatic carbocycles. The average molecular weight is 248 g/mol. The van der Waals surface area contributed by atoms with Crippen LogP contribution in [0.5, 0.6) is 0 Å². The molecule has 2 N–H and O–H groups in total. The first kappa shape index (κ1) is 13.4. The Morgan fingerprint density at radius 3 is 2.56 bits per heavy atom. The average Bonchev–Trinajstić information content (AvgIpc) is 2.96. The fourth-order valence-electron chi connectivity index (χ4n) is 1.35. The highest BCUT2D eigenvalue weighted by Crippen LogP contribution is 2.18. The van der Waals surface area contributed by atoms with Gasteiger partial charge in [0.15, 0.2) is 9.84 Å². The molecule has 16 heavy (non-hydrogen) atoms. The minimum absolute atomic E-state index is 0.0459. The first-order valence-electron chi connectivity index (χ1n) is 5.74. The van der Waals surface area contributed by atoms with Gasteiger partial charge in [-0.3, -0.25) is 4.79 Å². The monoisotopic (exact) mass is 248 g/mol. The predicted octanol–water partition coefficient (Wildman–Crippen LogP) is -0.321. The van der Waals surface area contributed by atoms with Crippen LogP contribution in [-0.4, -0.2) is 45.0 Å². The van der Waals surface area contributed by atoms with E-state index in [1.807, 2.05) is 6.92 Å². The molecular formula is C10H20N2O3S. The van der Waals surface area contributed by atoms with E-state index in [4.69, 9.17) is 0 Å². The maximum absolute atomic E-state index is 11.3. The van der Waals surface area contributed by atoms with Gasteiger partial charge in [0.1, 0.15) is 0 Å². The molecule has 1 aliphatic rings. The molecule has 6 heteroatoms. The van der Waals surface area contributed by atoms with Crippen LogP contribution < -0.4 is 10.6 Å². The van der Waals surface area contributed by atoms with Crippen LogP contribution in [0, 0.1) is 0 Å². The topological polar surface area (TPSA) is 75.3 Å². The van der Waals surface area contributed by atoms with Gasteiger partial charge in [0, 0.05) is 18.3 Å². The molecule has 0 unspecified atom stereocenters. The van der Waals surface area contributed by atoms with E-state index < -0.39 is 9.84 Å². The van der Waals surface area contributed by atoms with Gasteiger partial charge in [-0.25, -0.2) is 8.42 Å². The molecule has 0 bridgehead atoms. The summed E-state index contributed by atoms with van der Waals surface area (Å²) in [6, 6.07) is 0.359. The van der Waals surface area contributed by atoms with Gasteiger partial charge in [0.2, 0.25) is 5.91 Å². The van der Waals surface area contributed by atoms with E-state index in [-0.39, 0.29) is 24.0 Å². The van der Waals surface area contributed by atoms with Crippen molar-refractivity contribution in [1.29, 1.82) is 0 Å². The van der Waals surface area contributed by atoms with Crippen molar-refractivity contribution in [2.45, 2.75) is 32.2 Å². The zero-order chi connectivity index (χ0) is 12.0. The summed E-state index contributed by atoms with van der Waals surface area (Å²) in [4.78, 5) is 11.2. The van der Waals surface area contributed by atoms with Crippen LogP contribution >= 0.6 is 0 Å². The summed E-state index contributed by atoms with van der Waals surface area (Å²) in [5.74, 6) is 0.288. The third-order valence-corrected chi connectivity index (χ3v) is 4.19. The molecule has 0 aromatic carbocycles. The Hall–Kier alpha value is -0.620. The van der Waals surface area contributed by atoms with E-state index in [9.17, 15) is 13.2 Å². The minimum Gasteiger partial charge on any atom is -0.352 e. The summed E-state index contributed by atoms with van der Waals surface area (Å²) in [7, 11) is -2.93. The van der Waals surface area contributed by atoms with Gasteiger partial charge in [0.05, 0.1) is 12.3 Å². The largest absolute Gasteiger partial charge is 0.352 e. The number of carbonyl (C=O) groups is 1. The van der Waals surface area contributed by atoms with Crippen LogP contribution in [0.4, 0.5) is 0 Å². The van der Waals surface area contributed by atoms with E-state index in [1.54, 1.807) is 0 Å². The molecule has 1 fully saturated rings. The fourth-order valence-corrected chi connectivity index (χ4v) is 2.63. The van der Waals surface area contributed by atoms with E-state index in [2.05, 4.69) is 10.6 Å². The number of hydrogen-bond acceptors (Lipinski definition) is 4. The maximum atomic E-state index is 11.3. The highest BCUT2D eigenvalue weighted by Gasteiger charge is 2.22. The lowest BCUT2D eigenvalue weighted by atomic mass is 10.5. The molecule has 0 saturated heterocycles. The van der Waals surface area contributed by atoms with Crippen LogP contribution in [0.15, 0.2) is 0 Å². The lowest BCUT2D eigenvalue weighted by Crippen LogP contribution is -2.37. The Balaban J connectivity index is 2.04. The standard InChI is InChI=1S/C10H20N2O3S/c1-2-6-16(14,15)7-5-11-8-10(13)12-9-3-4-9/h9,11H,2-8H2,1H3,(H,12,13). The molecule has 0 heterocycles. The van der Waals surface area contributed by atoms with Crippen LogP contribution in [0.1, 0.15) is 26.2 Å². The van der Waals surface area contributed by atoms with E-state index in [0.717, 1.165) is 12.8 Å². The highest BCUT2D eigenvalue weighted by molar-refractivity contribution is 7.91. The zero-order valence-corrected chi connectivity index (χ0v) is 10.5. The van der Waals surface area contributed by atoms with E-state index in [1.165, 1.54) is 0 Å². The Labute approximate surface area is 96.9 Å². The Bertz CT molecular complexity index is 323. The first-order chi connectivity index (χ1) is 7.53. The smallest absolute Gasteiger partial charge is 0.234 e. The quantitative estimate of drug-likeness (QED) is 0.577. The summed E-state index contributed by atoms with van der Waals surface area (Å²) < 4.78 is 22.6. The van der Waals surface area contributed by atoms with E-state index in [0.29, 0.717) is 19.0 Å². The fraction of sp³-hybridized carbons (Fsp3) is 0.900. The third-order valence-electron chi connectivity index (χ3n) is 2.33. The van der Waals surface area contributed by atoms with Gasteiger partial charge >= 0.3 is 0 Å². The van der Waals surface area contributed by atoms with E-state index >= 15 is 0 Å². The predicted molar refractivity (Wildman–Crippen MR) is 63.0 cm³/mol. The molecule has 0 atom stereocenters. The van der Waals surface area contributed by atoms with Gasteiger partial charge in [0.25, 0.3) is 0 Å². The molecule has 94 valence electrons. The molecule has 5 nitrogen and oxygen atoms in total. The summed E-state index contributed by atoms with van der Waals surface area (Å²) in [6.45, 7) is 2.40. The van der Waals surface area contributed by atoms with Crippen LogP contribution in [0.25, 0.3) is 0 Å². The molecule has 0 aromatic rings. The van der Waals surface area contributed by atoms with Gasteiger partial charge in [-0.05, 0) is 19.3 Å². The zero-order valence-electron chi connectivity index (χ0n) is 9.66. The van der Waals surface area contributed by atoms with Crippen molar-refractivity contribution in [3.8, 4) is 0 Å². The molecule has 0 aromatic heterocycles. The molecule has 0 radical (unpaired) electrons. The number of carbonyl (C=O) groups excluding carboxylic acids is 1. The van der Waals surface area contributed by atoms with Crippen molar-refractivity contribution in [1.82, 2.24) is 10.6 Å². The summed E-state index contributed by atoms with van der Waals surface area (Å²) in [5.41, 5.74) is 0. The molecule has 0 aliphatic heterocycles. The van der Waals surface area contributed by atoms with Crippen molar-refractivity contribution in [2.24, 2.45) is 0 Å². The second kappa shape index (κ2) is 6.20. The lowest BCUT2D eigenvalue weighted by molar-refractivity contribution is -0.120. The van der Waals surface area contributed by atoms with Crippen LogP contribution in [0.2, 0.25) is 0 Å². The van der Waals surface area contributed by atoms with Gasteiger partial charge in [-0.1, -0.05) is 6.92 Å². The number of nitrogens with one attached hydrogen (secondary N) is 2.